The lowest BCUT2D eigenvalue weighted by molar-refractivity contribution is 0.0438. The Morgan fingerprint density at radius 1 is 0.909 bits per heavy atom. The molecule has 0 saturated heterocycles. The lowest BCUT2D eigenvalue weighted by atomic mass is 10.2. The fraction of sp³-hybridized carbons (Fsp3) is 1.00. The third kappa shape index (κ3) is 17.7. The molecule has 11 heavy (non-hydrogen) atoms. The Morgan fingerprint density at radius 3 is 1.09 bits per heavy atom. The summed E-state index contributed by atoms with van der Waals surface area (Å²) in [5.41, 5.74) is 0. The molecular formula is C8H20O3. The van der Waals surface area contributed by atoms with Gasteiger partial charge < -0.3 is 15.3 Å². The lowest BCUT2D eigenvalue weighted by Crippen LogP contribution is -2.17. The molecule has 0 amide bonds. The van der Waals surface area contributed by atoms with Crippen LogP contribution in [0.1, 0.15) is 27.7 Å². The molecule has 0 spiro atoms. The maximum atomic E-state index is 8.38. The van der Waals surface area contributed by atoms with Crippen LogP contribution in [0, 0.1) is 5.92 Å². The van der Waals surface area contributed by atoms with E-state index in [1.165, 1.54) is 0 Å². The molecule has 0 aromatic heterocycles. The highest BCUT2D eigenvalue weighted by Gasteiger charge is 1.99. The summed E-state index contributed by atoms with van der Waals surface area (Å²) in [6.07, 6.45) is -1.19. The van der Waals surface area contributed by atoms with Gasteiger partial charge in [-0.05, 0) is 19.8 Å². The van der Waals surface area contributed by atoms with Crippen LogP contribution in [0.4, 0.5) is 0 Å². The Hall–Kier alpha value is -0.120. The molecule has 0 aliphatic carbocycles. The van der Waals surface area contributed by atoms with E-state index in [1.807, 2.05) is 13.8 Å². The number of hydrogen-bond acceptors (Lipinski definition) is 3. The highest BCUT2D eigenvalue weighted by Crippen LogP contribution is 1.85. The van der Waals surface area contributed by atoms with Crippen LogP contribution in [0.3, 0.4) is 0 Å². The van der Waals surface area contributed by atoms with Gasteiger partial charge in [-0.25, -0.2) is 0 Å². The second-order valence-corrected chi connectivity index (χ2v) is 3.06. The SMILES string of the molecule is CC(C)CO.CC(O)C(C)O. The van der Waals surface area contributed by atoms with Gasteiger partial charge in [-0.3, -0.25) is 0 Å². The molecule has 0 fully saturated rings. The van der Waals surface area contributed by atoms with Gasteiger partial charge in [0, 0.05) is 6.61 Å². The summed E-state index contributed by atoms with van der Waals surface area (Å²) < 4.78 is 0. The summed E-state index contributed by atoms with van der Waals surface area (Å²) in [6.45, 7) is 7.34. The molecule has 2 atom stereocenters. The third-order valence-electron chi connectivity index (χ3n) is 1.06. The van der Waals surface area contributed by atoms with Gasteiger partial charge in [-0.1, -0.05) is 13.8 Å². The van der Waals surface area contributed by atoms with Gasteiger partial charge in [0.25, 0.3) is 0 Å². The largest absolute Gasteiger partial charge is 0.396 e. The van der Waals surface area contributed by atoms with Gasteiger partial charge in [-0.2, -0.15) is 0 Å². The minimum absolute atomic E-state index is 0.306. The number of hydrogen-bond donors (Lipinski definition) is 3. The summed E-state index contributed by atoms with van der Waals surface area (Å²) in [7, 11) is 0. The van der Waals surface area contributed by atoms with Crippen LogP contribution in [-0.4, -0.2) is 34.1 Å². The van der Waals surface area contributed by atoms with Crippen molar-refractivity contribution >= 4 is 0 Å². The molecule has 0 aromatic rings. The molecule has 0 aromatic carbocycles. The molecule has 3 heteroatoms. The van der Waals surface area contributed by atoms with Crippen molar-refractivity contribution in [2.24, 2.45) is 5.92 Å². The Bertz CT molecular complexity index is 63.7. The Kier molecular flexibility index (Phi) is 9.77. The predicted molar refractivity (Wildman–Crippen MR) is 45.3 cm³/mol. The molecular weight excluding hydrogens is 144 g/mol. The van der Waals surface area contributed by atoms with Crippen molar-refractivity contribution in [1.29, 1.82) is 0 Å². The fourth-order valence-electron chi connectivity index (χ4n) is 0. The topological polar surface area (TPSA) is 60.7 Å². The third-order valence-corrected chi connectivity index (χ3v) is 1.06. The van der Waals surface area contributed by atoms with E-state index in [0.717, 1.165) is 0 Å². The first-order valence-corrected chi connectivity index (χ1v) is 3.88. The zero-order chi connectivity index (χ0) is 9.44. The van der Waals surface area contributed by atoms with E-state index in [1.54, 1.807) is 13.8 Å². The van der Waals surface area contributed by atoms with E-state index in [9.17, 15) is 0 Å². The Balaban J connectivity index is 0. The highest BCUT2D eigenvalue weighted by molar-refractivity contribution is 4.50. The molecule has 0 bridgehead atoms. The van der Waals surface area contributed by atoms with Gasteiger partial charge in [-0.15, -0.1) is 0 Å². The summed E-state index contributed by atoms with van der Waals surface area (Å²) in [5, 5.41) is 24.9. The Morgan fingerprint density at radius 2 is 1.09 bits per heavy atom. The van der Waals surface area contributed by atoms with Crippen molar-refractivity contribution in [3.8, 4) is 0 Å². The predicted octanol–water partition coefficient (Wildman–Crippen LogP) is 0.383. The lowest BCUT2D eigenvalue weighted by Gasteiger charge is -2.03. The fourth-order valence-corrected chi connectivity index (χ4v) is 0. The van der Waals surface area contributed by atoms with Crippen LogP contribution in [0.5, 0.6) is 0 Å². The highest BCUT2D eigenvalue weighted by atomic mass is 16.3. The zero-order valence-corrected chi connectivity index (χ0v) is 7.78. The van der Waals surface area contributed by atoms with Crippen LogP contribution in [0.2, 0.25) is 0 Å². The van der Waals surface area contributed by atoms with Crippen LogP contribution < -0.4 is 0 Å². The van der Waals surface area contributed by atoms with Gasteiger partial charge in [0.05, 0.1) is 12.2 Å². The van der Waals surface area contributed by atoms with Gasteiger partial charge in [0.15, 0.2) is 0 Å². The molecule has 0 rings (SSSR count). The summed E-state index contributed by atoms with van der Waals surface area (Å²) in [5.74, 6) is 0.440. The van der Waals surface area contributed by atoms with Crippen LogP contribution >= 0.6 is 0 Å². The van der Waals surface area contributed by atoms with Crippen molar-refractivity contribution in [3.63, 3.8) is 0 Å². The quantitative estimate of drug-likeness (QED) is 0.553. The van der Waals surface area contributed by atoms with Crippen molar-refractivity contribution in [2.45, 2.75) is 39.9 Å². The monoisotopic (exact) mass is 164 g/mol. The summed E-state index contributed by atoms with van der Waals surface area (Å²) >= 11 is 0. The summed E-state index contributed by atoms with van der Waals surface area (Å²) in [6, 6.07) is 0. The number of aliphatic hydroxyl groups excluding tert-OH is 3. The normalized spacial score (nSPS) is 15.3. The maximum Gasteiger partial charge on any atom is 0.0768 e. The van der Waals surface area contributed by atoms with Gasteiger partial charge in [0.2, 0.25) is 0 Å². The van der Waals surface area contributed by atoms with Gasteiger partial charge >= 0.3 is 0 Å². The van der Waals surface area contributed by atoms with Gasteiger partial charge in [0.1, 0.15) is 0 Å². The van der Waals surface area contributed by atoms with Crippen LogP contribution in [0.15, 0.2) is 0 Å². The smallest absolute Gasteiger partial charge is 0.0768 e. The molecule has 0 radical (unpaired) electrons. The average Bonchev–Trinajstić information content (AvgIpc) is 1.89. The number of aliphatic hydroxyl groups is 3. The van der Waals surface area contributed by atoms with Crippen molar-refractivity contribution in [2.75, 3.05) is 6.61 Å². The van der Waals surface area contributed by atoms with E-state index in [-0.39, 0.29) is 0 Å². The van der Waals surface area contributed by atoms with E-state index < -0.39 is 12.2 Å². The minimum Gasteiger partial charge on any atom is -0.396 e. The molecule has 0 aliphatic heterocycles. The molecule has 0 saturated carbocycles. The average molecular weight is 164 g/mol. The molecule has 2 unspecified atom stereocenters. The second-order valence-electron chi connectivity index (χ2n) is 3.06. The first-order valence-electron chi connectivity index (χ1n) is 3.88. The minimum atomic E-state index is -0.593. The summed E-state index contributed by atoms with van der Waals surface area (Å²) in [4.78, 5) is 0. The molecule has 0 heterocycles. The molecule has 3 nitrogen and oxygen atoms in total. The first-order chi connectivity index (χ1) is 4.91. The van der Waals surface area contributed by atoms with Crippen LogP contribution in [0.25, 0.3) is 0 Å². The molecule has 0 aliphatic rings. The second kappa shape index (κ2) is 7.98. The van der Waals surface area contributed by atoms with Crippen molar-refractivity contribution in [1.82, 2.24) is 0 Å². The molecule has 3 N–H and O–H groups in total. The molecule has 70 valence electrons. The first kappa shape index (κ1) is 13.5. The van der Waals surface area contributed by atoms with E-state index in [0.29, 0.717) is 12.5 Å². The van der Waals surface area contributed by atoms with Crippen molar-refractivity contribution in [3.05, 3.63) is 0 Å². The maximum absolute atomic E-state index is 8.38. The van der Waals surface area contributed by atoms with Crippen molar-refractivity contribution < 1.29 is 15.3 Å². The van der Waals surface area contributed by atoms with E-state index in [2.05, 4.69) is 0 Å². The standard InChI is InChI=1S/C4H10O2.C4H10O/c1-3(5)4(2)6;1-4(2)3-5/h3-6H,1-2H3;4-5H,3H2,1-2H3. The zero-order valence-electron chi connectivity index (χ0n) is 7.78. The van der Waals surface area contributed by atoms with E-state index >= 15 is 0 Å². The van der Waals surface area contributed by atoms with Crippen LogP contribution in [-0.2, 0) is 0 Å². The number of rotatable bonds is 2. The Labute approximate surface area is 68.7 Å². The van der Waals surface area contributed by atoms with E-state index in [4.69, 9.17) is 15.3 Å².